The van der Waals surface area contributed by atoms with Crippen LogP contribution in [0.25, 0.3) is 0 Å². The van der Waals surface area contributed by atoms with Gasteiger partial charge >= 0.3 is 0 Å². The zero-order valence-electron chi connectivity index (χ0n) is 12.3. The van der Waals surface area contributed by atoms with Crippen molar-refractivity contribution in [3.8, 4) is 0 Å². The first-order valence-electron chi connectivity index (χ1n) is 6.98. The Hall–Kier alpha value is -2.03. The number of amides is 1. The molecule has 106 valence electrons. The quantitative estimate of drug-likeness (QED) is 0.891. The van der Waals surface area contributed by atoms with Gasteiger partial charge in [0.05, 0.1) is 0 Å². The lowest BCUT2D eigenvalue weighted by Crippen LogP contribution is -2.43. The van der Waals surface area contributed by atoms with Crippen LogP contribution in [0.15, 0.2) is 54.1 Å². The fourth-order valence-electron chi connectivity index (χ4n) is 2.41. The molecule has 0 unspecified atom stereocenters. The van der Waals surface area contributed by atoms with Crippen molar-refractivity contribution in [1.29, 1.82) is 0 Å². The molecule has 0 saturated carbocycles. The van der Waals surface area contributed by atoms with Gasteiger partial charge in [0.25, 0.3) is 0 Å². The number of hydrogen-bond acceptors (Lipinski definition) is 2. The van der Waals surface area contributed by atoms with Gasteiger partial charge in [-0.3, -0.25) is 4.79 Å². The van der Waals surface area contributed by atoms with Crippen molar-refractivity contribution in [3.63, 3.8) is 0 Å². The Labute approximate surface area is 121 Å². The summed E-state index contributed by atoms with van der Waals surface area (Å²) in [6, 6.07) is 9.66. The molecule has 1 aliphatic carbocycles. The van der Waals surface area contributed by atoms with Crippen molar-refractivity contribution < 1.29 is 4.79 Å². The highest BCUT2D eigenvalue weighted by Gasteiger charge is 2.28. The molecule has 3 nitrogen and oxygen atoms in total. The van der Waals surface area contributed by atoms with Gasteiger partial charge in [0, 0.05) is 25.7 Å². The van der Waals surface area contributed by atoms with Crippen LogP contribution in [0, 0.1) is 5.92 Å². The molecule has 3 heteroatoms. The molecule has 1 amide bonds. The van der Waals surface area contributed by atoms with Crippen molar-refractivity contribution in [3.05, 3.63) is 54.1 Å². The minimum atomic E-state index is -0.237. The normalized spacial score (nSPS) is 16.4. The lowest BCUT2D eigenvalue weighted by Gasteiger charge is -2.28. The molecule has 1 aliphatic rings. The lowest BCUT2D eigenvalue weighted by molar-refractivity contribution is -0.130. The standard InChI is InChI=1S/C17H22N2O/c1-13(14-9-7-8-10-14)16(17(20)19(2)3)18-15-11-5-4-6-12-15/h4-9,11-13,16,18H,10H2,1-3H3/t13-,16-/m0/s1. The number of rotatable bonds is 5. The maximum absolute atomic E-state index is 12.5. The summed E-state index contributed by atoms with van der Waals surface area (Å²) in [6.45, 7) is 2.11. The maximum Gasteiger partial charge on any atom is 0.245 e. The molecule has 0 saturated heterocycles. The molecule has 0 radical (unpaired) electrons. The van der Waals surface area contributed by atoms with Crippen molar-refractivity contribution in [2.75, 3.05) is 19.4 Å². The summed E-state index contributed by atoms with van der Waals surface area (Å²) in [5, 5.41) is 3.38. The number of carbonyl (C=O) groups is 1. The van der Waals surface area contributed by atoms with E-state index in [4.69, 9.17) is 0 Å². The van der Waals surface area contributed by atoms with Gasteiger partial charge in [0.2, 0.25) is 5.91 Å². The van der Waals surface area contributed by atoms with Crippen LogP contribution in [-0.4, -0.2) is 30.9 Å². The zero-order valence-corrected chi connectivity index (χ0v) is 12.3. The van der Waals surface area contributed by atoms with E-state index in [2.05, 4.69) is 30.5 Å². The molecule has 0 aliphatic heterocycles. The van der Waals surface area contributed by atoms with Crippen molar-refractivity contribution in [2.45, 2.75) is 19.4 Å². The van der Waals surface area contributed by atoms with Gasteiger partial charge in [0.1, 0.15) is 6.04 Å². The summed E-state index contributed by atoms with van der Waals surface area (Å²) in [7, 11) is 3.60. The summed E-state index contributed by atoms with van der Waals surface area (Å²) in [4.78, 5) is 14.1. The SMILES string of the molecule is C[C@@H](C1=CC=CC1)[C@H](Nc1ccccc1)C(=O)N(C)C. The van der Waals surface area contributed by atoms with E-state index >= 15 is 0 Å². The second kappa shape index (κ2) is 6.42. The molecular weight excluding hydrogens is 248 g/mol. The number of nitrogens with zero attached hydrogens (tertiary/aromatic N) is 1. The van der Waals surface area contributed by atoms with Crippen LogP contribution in [0.2, 0.25) is 0 Å². The fraction of sp³-hybridized carbons (Fsp3) is 0.353. The highest BCUT2D eigenvalue weighted by atomic mass is 16.2. The molecule has 2 rings (SSSR count). The van der Waals surface area contributed by atoms with Gasteiger partial charge in [-0.2, -0.15) is 0 Å². The molecular formula is C17H22N2O. The van der Waals surface area contributed by atoms with E-state index in [-0.39, 0.29) is 17.9 Å². The predicted octanol–water partition coefficient (Wildman–Crippen LogP) is 3.08. The number of nitrogens with one attached hydrogen (secondary N) is 1. The van der Waals surface area contributed by atoms with Gasteiger partial charge in [-0.25, -0.2) is 0 Å². The van der Waals surface area contributed by atoms with E-state index in [1.54, 1.807) is 19.0 Å². The molecule has 2 atom stereocenters. The van der Waals surface area contributed by atoms with Crippen molar-refractivity contribution in [1.82, 2.24) is 4.90 Å². The number of para-hydroxylation sites is 1. The fourth-order valence-corrected chi connectivity index (χ4v) is 2.41. The summed E-state index contributed by atoms with van der Waals surface area (Å²) in [6.07, 6.45) is 7.25. The summed E-state index contributed by atoms with van der Waals surface area (Å²) < 4.78 is 0. The second-order valence-corrected chi connectivity index (χ2v) is 5.38. The molecule has 20 heavy (non-hydrogen) atoms. The van der Waals surface area contributed by atoms with Crippen LogP contribution in [-0.2, 0) is 4.79 Å². The number of allylic oxidation sites excluding steroid dienone is 3. The number of carbonyl (C=O) groups excluding carboxylic acids is 1. The van der Waals surface area contributed by atoms with Crippen molar-refractivity contribution in [2.24, 2.45) is 5.92 Å². The average Bonchev–Trinajstić information content (AvgIpc) is 2.98. The van der Waals surface area contributed by atoms with E-state index in [1.807, 2.05) is 30.3 Å². The molecule has 0 heterocycles. The topological polar surface area (TPSA) is 32.3 Å². The molecule has 0 fully saturated rings. The minimum Gasteiger partial charge on any atom is -0.373 e. The first-order chi connectivity index (χ1) is 9.59. The van der Waals surface area contributed by atoms with Gasteiger partial charge < -0.3 is 10.2 Å². The highest BCUT2D eigenvalue weighted by molar-refractivity contribution is 5.85. The van der Waals surface area contributed by atoms with Gasteiger partial charge in [-0.15, -0.1) is 0 Å². The zero-order chi connectivity index (χ0) is 14.5. The Morgan fingerprint density at radius 1 is 1.25 bits per heavy atom. The molecule has 1 aromatic rings. The smallest absolute Gasteiger partial charge is 0.245 e. The Morgan fingerprint density at radius 2 is 1.95 bits per heavy atom. The van der Waals surface area contributed by atoms with E-state index in [0.717, 1.165) is 12.1 Å². The Bertz CT molecular complexity index is 517. The predicted molar refractivity (Wildman–Crippen MR) is 83.6 cm³/mol. The van der Waals surface area contributed by atoms with Crippen LogP contribution in [0.5, 0.6) is 0 Å². The van der Waals surface area contributed by atoms with Crippen LogP contribution in [0.3, 0.4) is 0 Å². The Balaban J connectivity index is 2.18. The van der Waals surface area contributed by atoms with Crippen LogP contribution in [0.4, 0.5) is 5.69 Å². The molecule has 0 aromatic heterocycles. The lowest BCUT2D eigenvalue weighted by atomic mass is 9.91. The van der Waals surface area contributed by atoms with E-state index in [0.29, 0.717) is 0 Å². The van der Waals surface area contributed by atoms with E-state index in [1.165, 1.54) is 5.57 Å². The third-order valence-electron chi connectivity index (χ3n) is 3.69. The third-order valence-corrected chi connectivity index (χ3v) is 3.69. The van der Waals surface area contributed by atoms with Crippen LogP contribution < -0.4 is 5.32 Å². The van der Waals surface area contributed by atoms with Gasteiger partial charge in [-0.1, -0.05) is 48.9 Å². The minimum absolute atomic E-state index is 0.106. The van der Waals surface area contributed by atoms with Crippen LogP contribution >= 0.6 is 0 Å². The molecule has 1 aromatic carbocycles. The van der Waals surface area contributed by atoms with Crippen LogP contribution in [0.1, 0.15) is 13.3 Å². The third kappa shape index (κ3) is 3.29. The summed E-state index contributed by atoms with van der Waals surface area (Å²) in [5.74, 6) is 0.272. The first-order valence-corrected chi connectivity index (χ1v) is 6.98. The van der Waals surface area contributed by atoms with Gasteiger partial charge in [0.15, 0.2) is 0 Å². The van der Waals surface area contributed by atoms with Gasteiger partial charge in [-0.05, 0) is 18.6 Å². The average molecular weight is 270 g/mol. The summed E-state index contributed by atoms with van der Waals surface area (Å²) >= 11 is 0. The monoisotopic (exact) mass is 270 g/mol. The molecule has 0 spiro atoms. The Morgan fingerprint density at radius 3 is 2.50 bits per heavy atom. The molecule has 0 bridgehead atoms. The first kappa shape index (κ1) is 14.4. The second-order valence-electron chi connectivity index (χ2n) is 5.38. The Kier molecular flexibility index (Phi) is 4.61. The molecule has 1 N–H and O–H groups in total. The number of hydrogen-bond donors (Lipinski definition) is 1. The van der Waals surface area contributed by atoms with Crippen molar-refractivity contribution >= 4 is 11.6 Å². The number of benzene rings is 1. The summed E-state index contributed by atoms with van der Waals surface area (Å²) in [5.41, 5.74) is 2.28. The number of anilines is 1. The largest absolute Gasteiger partial charge is 0.373 e. The number of likely N-dealkylation sites (N-methyl/N-ethyl adjacent to an activating group) is 1. The maximum atomic E-state index is 12.5. The van der Waals surface area contributed by atoms with E-state index < -0.39 is 0 Å². The highest BCUT2D eigenvalue weighted by Crippen LogP contribution is 2.26. The van der Waals surface area contributed by atoms with E-state index in [9.17, 15) is 4.79 Å².